The van der Waals surface area contributed by atoms with E-state index in [-0.39, 0.29) is 5.91 Å². The van der Waals surface area contributed by atoms with Crippen LogP contribution in [0.2, 0.25) is 0 Å². The number of carbonyl (C=O) groups excluding carboxylic acids is 2. The number of ether oxygens (including phenoxy) is 3. The Bertz CT molecular complexity index is 1090. The van der Waals surface area contributed by atoms with Crippen molar-refractivity contribution in [3.63, 3.8) is 0 Å². The highest BCUT2D eigenvalue weighted by atomic mass is 19.1. The quantitative estimate of drug-likeness (QED) is 0.541. The molecule has 2 N–H and O–H groups in total. The fourth-order valence-corrected chi connectivity index (χ4v) is 2.88. The van der Waals surface area contributed by atoms with Gasteiger partial charge in [0, 0.05) is 17.7 Å². The molecule has 0 spiro atoms. The van der Waals surface area contributed by atoms with Gasteiger partial charge in [0.05, 0.1) is 25.6 Å². The highest BCUT2D eigenvalue weighted by Crippen LogP contribution is 2.36. The van der Waals surface area contributed by atoms with Gasteiger partial charge in [-0.15, -0.1) is 0 Å². The molecule has 0 saturated heterocycles. The second-order valence-corrected chi connectivity index (χ2v) is 6.78. The van der Waals surface area contributed by atoms with Gasteiger partial charge in [-0.1, -0.05) is 18.2 Å². The number of nitrogens with one attached hydrogen (secondary N) is 2. The van der Waals surface area contributed by atoms with E-state index in [2.05, 4.69) is 10.6 Å². The summed E-state index contributed by atoms with van der Waals surface area (Å²) < 4.78 is 29.4. The Labute approximate surface area is 185 Å². The molecule has 0 radical (unpaired) electrons. The standard InChI is InChI=1S/C24H23FN2O5/c1-15(32-18-11-9-17(25)10-12-18)23(28)26-19-13-22(31-3)20(14-21(19)30-2)27-24(29)16-7-5-4-6-8-16/h4-15H,1-3H3,(H,26,28)(H,27,29). The first-order valence-electron chi connectivity index (χ1n) is 9.76. The minimum Gasteiger partial charge on any atom is -0.494 e. The van der Waals surface area contributed by atoms with Crippen LogP contribution < -0.4 is 24.8 Å². The van der Waals surface area contributed by atoms with E-state index < -0.39 is 17.8 Å². The monoisotopic (exact) mass is 438 g/mol. The Morgan fingerprint density at radius 3 is 1.97 bits per heavy atom. The van der Waals surface area contributed by atoms with Crippen molar-refractivity contribution in [3.05, 3.63) is 78.1 Å². The number of benzene rings is 3. The molecule has 0 aliphatic carbocycles. The van der Waals surface area contributed by atoms with Crippen molar-refractivity contribution >= 4 is 23.2 Å². The van der Waals surface area contributed by atoms with Gasteiger partial charge in [-0.25, -0.2) is 4.39 Å². The summed E-state index contributed by atoms with van der Waals surface area (Å²) in [6, 6.07) is 17.2. The van der Waals surface area contributed by atoms with Gasteiger partial charge in [0.1, 0.15) is 23.1 Å². The molecule has 3 aromatic carbocycles. The number of hydrogen-bond acceptors (Lipinski definition) is 5. The van der Waals surface area contributed by atoms with Crippen molar-refractivity contribution in [1.29, 1.82) is 0 Å². The molecule has 0 aromatic heterocycles. The van der Waals surface area contributed by atoms with Gasteiger partial charge in [0.25, 0.3) is 11.8 Å². The minimum absolute atomic E-state index is 0.316. The number of carbonyl (C=O) groups is 2. The van der Waals surface area contributed by atoms with Crippen LogP contribution in [0.15, 0.2) is 66.7 Å². The lowest BCUT2D eigenvalue weighted by Crippen LogP contribution is -2.30. The largest absolute Gasteiger partial charge is 0.494 e. The van der Waals surface area contributed by atoms with Crippen LogP contribution in [0.3, 0.4) is 0 Å². The van der Waals surface area contributed by atoms with Crippen molar-refractivity contribution < 1.29 is 28.2 Å². The molecule has 7 nitrogen and oxygen atoms in total. The van der Waals surface area contributed by atoms with Gasteiger partial charge in [-0.2, -0.15) is 0 Å². The molecule has 0 aliphatic heterocycles. The maximum Gasteiger partial charge on any atom is 0.265 e. The third-order valence-electron chi connectivity index (χ3n) is 4.56. The first-order chi connectivity index (χ1) is 15.4. The number of methoxy groups -OCH3 is 2. The van der Waals surface area contributed by atoms with Crippen molar-refractivity contribution in [1.82, 2.24) is 0 Å². The third kappa shape index (κ3) is 5.54. The highest BCUT2D eigenvalue weighted by Gasteiger charge is 2.20. The Morgan fingerprint density at radius 2 is 1.41 bits per heavy atom. The van der Waals surface area contributed by atoms with Gasteiger partial charge in [0.15, 0.2) is 6.10 Å². The van der Waals surface area contributed by atoms with Crippen LogP contribution in [0.1, 0.15) is 17.3 Å². The molecule has 1 unspecified atom stereocenters. The van der Waals surface area contributed by atoms with Crippen LogP contribution in [-0.2, 0) is 4.79 Å². The zero-order chi connectivity index (χ0) is 23.1. The number of anilines is 2. The predicted molar refractivity (Wildman–Crippen MR) is 119 cm³/mol. The van der Waals surface area contributed by atoms with Crippen molar-refractivity contribution in [2.45, 2.75) is 13.0 Å². The summed E-state index contributed by atoms with van der Waals surface area (Å²) in [6.45, 7) is 1.57. The highest BCUT2D eigenvalue weighted by molar-refractivity contribution is 6.05. The SMILES string of the molecule is COc1cc(NC(=O)C(C)Oc2ccc(F)cc2)c(OC)cc1NC(=O)c1ccccc1. The first kappa shape index (κ1) is 22.6. The summed E-state index contributed by atoms with van der Waals surface area (Å²) >= 11 is 0. The lowest BCUT2D eigenvalue weighted by atomic mass is 10.2. The van der Waals surface area contributed by atoms with Gasteiger partial charge in [0.2, 0.25) is 0 Å². The molecule has 32 heavy (non-hydrogen) atoms. The van der Waals surface area contributed by atoms with E-state index in [1.54, 1.807) is 43.3 Å². The molecule has 3 aromatic rings. The Kier molecular flexibility index (Phi) is 7.28. The minimum atomic E-state index is -0.867. The number of amides is 2. The smallest absolute Gasteiger partial charge is 0.265 e. The topological polar surface area (TPSA) is 85.9 Å². The van der Waals surface area contributed by atoms with E-state index in [9.17, 15) is 14.0 Å². The van der Waals surface area contributed by atoms with E-state index in [0.29, 0.717) is 34.2 Å². The molecule has 1 atom stereocenters. The third-order valence-corrected chi connectivity index (χ3v) is 4.56. The number of hydrogen-bond donors (Lipinski definition) is 2. The van der Waals surface area contributed by atoms with E-state index in [1.807, 2.05) is 6.07 Å². The average molecular weight is 438 g/mol. The van der Waals surface area contributed by atoms with Crippen LogP contribution in [0.4, 0.5) is 15.8 Å². The second-order valence-electron chi connectivity index (χ2n) is 6.78. The molecule has 0 fully saturated rings. The summed E-state index contributed by atoms with van der Waals surface area (Å²) in [4.78, 5) is 25.1. The van der Waals surface area contributed by atoms with E-state index >= 15 is 0 Å². The van der Waals surface area contributed by atoms with Crippen molar-refractivity contribution in [2.24, 2.45) is 0 Å². The van der Waals surface area contributed by atoms with E-state index in [0.717, 1.165) is 0 Å². The second kappa shape index (κ2) is 10.3. The molecule has 0 aliphatic rings. The average Bonchev–Trinajstić information content (AvgIpc) is 2.81. The van der Waals surface area contributed by atoms with Crippen molar-refractivity contribution in [3.8, 4) is 17.2 Å². The van der Waals surface area contributed by atoms with E-state index in [4.69, 9.17) is 14.2 Å². The van der Waals surface area contributed by atoms with E-state index in [1.165, 1.54) is 38.5 Å². The lowest BCUT2D eigenvalue weighted by molar-refractivity contribution is -0.122. The summed E-state index contributed by atoms with van der Waals surface area (Å²) in [5, 5.41) is 5.51. The predicted octanol–water partition coefficient (Wildman–Crippen LogP) is 4.50. The molecule has 2 amide bonds. The maximum atomic E-state index is 13.0. The molecular formula is C24H23FN2O5. The van der Waals surface area contributed by atoms with Crippen molar-refractivity contribution in [2.75, 3.05) is 24.9 Å². The molecule has 3 rings (SSSR count). The summed E-state index contributed by atoms with van der Waals surface area (Å²) in [7, 11) is 2.89. The summed E-state index contributed by atoms with van der Waals surface area (Å²) in [5.74, 6) is -0.155. The normalized spacial score (nSPS) is 11.2. The zero-order valence-electron chi connectivity index (χ0n) is 17.8. The number of halogens is 1. The molecule has 0 saturated carbocycles. The summed E-state index contributed by atoms with van der Waals surface area (Å²) in [6.07, 6.45) is -0.867. The molecule has 8 heteroatoms. The molecule has 0 bridgehead atoms. The van der Waals surface area contributed by atoms with Crippen LogP contribution in [0.25, 0.3) is 0 Å². The Hall–Kier alpha value is -4.07. The fraction of sp³-hybridized carbons (Fsp3) is 0.167. The fourth-order valence-electron chi connectivity index (χ4n) is 2.88. The first-order valence-corrected chi connectivity index (χ1v) is 9.76. The van der Waals surface area contributed by atoms with Gasteiger partial charge < -0.3 is 24.8 Å². The summed E-state index contributed by atoms with van der Waals surface area (Å²) in [5.41, 5.74) is 1.20. The van der Waals surface area contributed by atoms with Crippen LogP contribution in [0.5, 0.6) is 17.2 Å². The molecule has 166 valence electrons. The Balaban J connectivity index is 1.76. The molecular weight excluding hydrogens is 415 g/mol. The Morgan fingerprint density at radius 1 is 0.844 bits per heavy atom. The number of rotatable bonds is 8. The van der Waals surface area contributed by atoms with Crippen LogP contribution in [-0.4, -0.2) is 32.1 Å². The zero-order valence-corrected chi connectivity index (χ0v) is 17.8. The van der Waals surface area contributed by atoms with Gasteiger partial charge in [-0.05, 0) is 43.3 Å². The lowest BCUT2D eigenvalue weighted by Gasteiger charge is -2.18. The van der Waals surface area contributed by atoms with Gasteiger partial charge >= 0.3 is 0 Å². The van der Waals surface area contributed by atoms with Crippen LogP contribution >= 0.6 is 0 Å². The maximum absolute atomic E-state index is 13.0. The van der Waals surface area contributed by atoms with Crippen LogP contribution in [0, 0.1) is 5.82 Å². The molecule has 0 heterocycles. The van der Waals surface area contributed by atoms with Gasteiger partial charge in [-0.3, -0.25) is 9.59 Å².